The standard InChI is InChI=1S/C72H104N14O25/c1-11-36(4)55(67(107)86-72(9,10)70(111)81-49(68(108)109)27-35(2)3)83-64(104)51(34-88)78-60(100)46(30-41-19-23-43(92)24-20-41)75-61(101)48(31-54(96)97)76-63(103)50(33-87)79-66(106)57(38(6)90)84-62(102)47(29-39-15-13-12-14-16-39)77-65(105)56(37(5)89)82-52(93)32-74-59(99)45(25-26-53(94)95)80-69(110)71(7,8)85-58(98)44(73)28-40-17-21-42(91)22-18-40/h12-24,35-38,44-51,55-57,87-92H,11,25-34,73H2,1-10H3,(H,74,99)(H,75,101)(H,76,103)(H,77,105)(H,78,100)(H,79,106)(H,80,110)(H,81,111)(H,82,93)(H,83,104)(H,84,102)(H,85,98)(H,86,107)(H,94,95)(H,96,97)(H,108,109)/t36-,37+,38+,44-,45-,46-,47-,48-,49-,50-,51-,55-,56-,57-/m0/s1. The smallest absolute Gasteiger partial charge is 0.326 e. The van der Waals surface area contributed by atoms with Crippen LogP contribution in [-0.4, -0.2) is 250 Å². The van der Waals surface area contributed by atoms with E-state index in [1.165, 1.54) is 88.4 Å². The van der Waals surface area contributed by atoms with Crippen molar-refractivity contribution < 1.29 is 123 Å². The topological polar surface area (TPSA) is 638 Å². The van der Waals surface area contributed by atoms with Crippen molar-refractivity contribution in [3.8, 4) is 11.5 Å². The number of aliphatic carboxylic acids is 3. The molecule has 3 aromatic rings. The van der Waals surface area contributed by atoms with Gasteiger partial charge in [0.2, 0.25) is 76.8 Å². The van der Waals surface area contributed by atoms with E-state index in [9.17, 15) is 123 Å². The molecule has 0 bridgehead atoms. The Bertz CT molecular complexity index is 3750. The molecule has 0 aromatic heterocycles. The molecule has 3 rings (SSSR count). The summed E-state index contributed by atoms with van der Waals surface area (Å²) in [5, 5.41) is 121. The lowest BCUT2D eigenvalue weighted by Crippen LogP contribution is -2.64. The number of rotatable bonds is 46. The number of carbonyl (C=O) groups excluding carboxylic acids is 13. The van der Waals surface area contributed by atoms with E-state index in [1.807, 2.05) is 0 Å². The number of aromatic hydroxyl groups is 2. The average molecular weight is 1570 g/mol. The minimum atomic E-state index is -2.18. The summed E-state index contributed by atoms with van der Waals surface area (Å²) >= 11 is 0. The van der Waals surface area contributed by atoms with E-state index in [4.69, 9.17) is 5.73 Å². The SMILES string of the molecule is CC[C@H](C)[C@H](NC(=O)[C@H](CO)NC(=O)[C@H](Cc1ccc(O)cc1)NC(=O)[C@H](CC(=O)O)NC(=O)[C@H](CO)NC(=O)[C@@H](NC(=O)[C@H](Cc1ccccc1)NC(=O)[C@@H](NC(=O)CNC(=O)[C@H](CCC(=O)O)NC(=O)C(C)(C)NC(=O)[C@@H](N)Cc1ccc(O)cc1)[C@@H](C)O)[C@@H](C)O)C(=O)NC(C)(C)C(=O)N[C@@H](CC(C)C)C(=O)O. The van der Waals surface area contributed by atoms with Crippen LogP contribution in [0.15, 0.2) is 78.9 Å². The third-order valence-corrected chi connectivity index (χ3v) is 17.2. The number of carboxylic acids is 3. The fourth-order valence-corrected chi connectivity index (χ4v) is 10.6. The summed E-state index contributed by atoms with van der Waals surface area (Å²) in [7, 11) is 0. The van der Waals surface area contributed by atoms with Gasteiger partial charge in [-0.1, -0.05) is 88.7 Å². The highest BCUT2D eigenvalue weighted by atomic mass is 16.4. The van der Waals surface area contributed by atoms with Gasteiger partial charge in [-0.25, -0.2) is 4.79 Å². The van der Waals surface area contributed by atoms with E-state index >= 15 is 0 Å². The number of hydrogen-bond acceptors (Lipinski definition) is 23. The number of aliphatic hydroxyl groups excluding tert-OH is 4. The molecule has 24 N–H and O–H groups in total. The lowest BCUT2D eigenvalue weighted by molar-refractivity contribution is -0.144. The van der Waals surface area contributed by atoms with Gasteiger partial charge in [-0.15, -0.1) is 0 Å². The first-order valence-electron chi connectivity index (χ1n) is 35.4. The third-order valence-electron chi connectivity index (χ3n) is 17.2. The maximum Gasteiger partial charge on any atom is 0.326 e. The van der Waals surface area contributed by atoms with Crippen LogP contribution in [0.2, 0.25) is 0 Å². The molecule has 3 aromatic carbocycles. The van der Waals surface area contributed by atoms with E-state index < -0.39 is 242 Å². The highest BCUT2D eigenvalue weighted by Crippen LogP contribution is 2.18. The zero-order chi connectivity index (χ0) is 83.9. The molecule has 0 aliphatic rings. The molecule has 0 aliphatic heterocycles. The quantitative estimate of drug-likeness (QED) is 0.0251. The maximum absolute atomic E-state index is 14.3. The number of phenols is 2. The van der Waals surface area contributed by atoms with E-state index in [0.29, 0.717) is 11.1 Å². The lowest BCUT2D eigenvalue weighted by Gasteiger charge is -2.32. The number of benzene rings is 3. The number of aliphatic hydroxyl groups is 4. The second-order valence-electron chi connectivity index (χ2n) is 28.1. The molecule has 111 heavy (non-hydrogen) atoms. The van der Waals surface area contributed by atoms with Crippen LogP contribution in [0.5, 0.6) is 11.5 Å². The number of carboxylic acid groups (broad SMARTS) is 3. The molecule has 0 saturated heterocycles. The minimum Gasteiger partial charge on any atom is -0.508 e. The van der Waals surface area contributed by atoms with Crippen molar-refractivity contribution in [3.63, 3.8) is 0 Å². The Morgan fingerprint density at radius 1 is 0.423 bits per heavy atom. The fourth-order valence-electron chi connectivity index (χ4n) is 10.6. The predicted molar refractivity (Wildman–Crippen MR) is 392 cm³/mol. The van der Waals surface area contributed by atoms with Gasteiger partial charge in [0.25, 0.3) is 0 Å². The van der Waals surface area contributed by atoms with Crippen molar-refractivity contribution >= 4 is 94.7 Å². The molecule has 0 heterocycles. The Morgan fingerprint density at radius 3 is 1.28 bits per heavy atom. The number of carbonyl (C=O) groups is 16. The van der Waals surface area contributed by atoms with Crippen LogP contribution < -0.4 is 74.9 Å². The van der Waals surface area contributed by atoms with E-state index in [-0.39, 0.29) is 42.2 Å². The molecule has 0 spiro atoms. The van der Waals surface area contributed by atoms with Crippen molar-refractivity contribution in [2.75, 3.05) is 19.8 Å². The molecule has 13 amide bonds. The van der Waals surface area contributed by atoms with Crippen LogP contribution in [0.3, 0.4) is 0 Å². The summed E-state index contributed by atoms with van der Waals surface area (Å²) in [6.45, 7) is 10.4. The summed E-state index contributed by atoms with van der Waals surface area (Å²) in [5.74, 6) is -20.6. The first-order chi connectivity index (χ1) is 51.8. The van der Waals surface area contributed by atoms with Crippen LogP contribution in [0, 0.1) is 11.8 Å². The van der Waals surface area contributed by atoms with Gasteiger partial charge in [0, 0.05) is 19.3 Å². The number of nitrogens with one attached hydrogen (secondary N) is 13. The molecular weight excluding hydrogens is 1460 g/mol. The van der Waals surface area contributed by atoms with Gasteiger partial charge in [0.05, 0.1) is 44.4 Å². The Balaban J connectivity index is 1.83. The van der Waals surface area contributed by atoms with Crippen LogP contribution in [0.4, 0.5) is 0 Å². The molecule has 0 saturated carbocycles. The zero-order valence-electron chi connectivity index (χ0n) is 63.1. The largest absolute Gasteiger partial charge is 0.508 e. The van der Waals surface area contributed by atoms with E-state index in [2.05, 4.69) is 69.1 Å². The Kier molecular flexibility index (Phi) is 37.4. The fraction of sp³-hybridized carbons (Fsp3) is 0.528. The summed E-state index contributed by atoms with van der Waals surface area (Å²) in [4.78, 5) is 215. The van der Waals surface area contributed by atoms with Crippen LogP contribution in [0.1, 0.15) is 118 Å². The van der Waals surface area contributed by atoms with Crippen molar-refractivity contribution in [2.24, 2.45) is 17.6 Å². The summed E-state index contributed by atoms with van der Waals surface area (Å²) in [5.41, 5.74) is 3.69. The Morgan fingerprint density at radius 2 is 0.820 bits per heavy atom. The van der Waals surface area contributed by atoms with Crippen LogP contribution >= 0.6 is 0 Å². The first-order valence-corrected chi connectivity index (χ1v) is 35.4. The second kappa shape index (κ2) is 44.3. The number of hydrogen-bond donors (Lipinski definition) is 23. The van der Waals surface area contributed by atoms with Crippen LogP contribution in [0.25, 0.3) is 0 Å². The van der Waals surface area contributed by atoms with E-state index in [1.54, 1.807) is 45.9 Å². The van der Waals surface area contributed by atoms with Crippen molar-refractivity contribution in [3.05, 3.63) is 95.6 Å². The van der Waals surface area contributed by atoms with Gasteiger partial charge in [0.1, 0.15) is 83.0 Å². The predicted octanol–water partition coefficient (Wildman–Crippen LogP) is -5.53. The summed E-state index contributed by atoms with van der Waals surface area (Å²) in [6, 6.07) is -0.853. The van der Waals surface area contributed by atoms with Crippen molar-refractivity contribution in [1.29, 1.82) is 0 Å². The van der Waals surface area contributed by atoms with Gasteiger partial charge in [-0.3, -0.25) is 71.9 Å². The van der Waals surface area contributed by atoms with Gasteiger partial charge >= 0.3 is 17.9 Å². The van der Waals surface area contributed by atoms with Crippen molar-refractivity contribution in [1.82, 2.24) is 69.1 Å². The number of nitrogens with two attached hydrogens (primary N) is 1. The van der Waals surface area contributed by atoms with Gasteiger partial charge in [-0.05, 0) is 114 Å². The molecule has 14 atom stereocenters. The van der Waals surface area contributed by atoms with Crippen molar-refractivity contribution in [2.45, 2.75) is 210 Å². The van der Waals surface area contributed by atoms with Crippen LogP contribution in [-0.2, 0) is 96.0 Å². The van der Waals surface area contributed by atoms with Gasteiger partial charge in [-0.2, -0.15) is 0 Å². The summed E-state index contributed by atoms with van der Waals surface area (Å²) < 4.78 is 0. The molecule has 0 unspecified atom stereocenters. The zero-order valence-corrected chi connectivity index (χ0v) is 63.1. The molecule has 0 fully saturated rings. The lowest BCUT2D eigenvalue weighted by atomic mass is 9.95. The molecule has 39 heteroatoms. The Hall–Kier alpha value is -11.4. The summed E-state index contributed by atoms with van der Waals surface area (Å²) in [6.07, 6.45) is -6.73. The normalized spacial score (nSPS) is 15.2. The minimum absolute atomic E-state index is 0.00530. The first kappa shape index (κ1) is 93.8. The van der Waals surface area contributed by atoms with Gasteiger partial charge in [0.15, 0.2) is 0 Å². The second-order valence-corrected chi connectivity index (χ2v) is 28.1. The van der Waals surface area contributed by atoms with E-state index in [0.717, 1.165) is 13.8 Å². The highest BCUT2D eigenvalue weighted by Gasteiger charge is 2.41. The molecule has 39 nitrogen and oxygen atoms in total. The molecule has 0 aliphatic carbocycles. The van der Waals surface area contributed by atoms with Gasteiger partial charge < -0.3 is 121 Å². The highest BCUT2D eigenvalue weighted by molar-refractivity contribution is 6.01. The third kappa shape index (κ3) is 31.6. The number of amides is 13. The maximum atomic E-state index is 14.3. The molecule has 0 radical (unpaired) electrons. The molecular formula is C72H104N14O25. The molecule has 612 valence electrons. The average Bonchev–Trinajstić information content (AvgIpc) is 0.842. The monoisotopic (exact) mass is 1560 g/mol. The Labute approximate surface area is 638 Å². The number of phenolic OH excluding ortho intramolecular Hbond substituents is 2.